The van der Waals surface area contributed by atoms with Crippen molar-refractivity contribution >= 4 is 11.9 Å². The summed E-state index contributed by atoms with van der Waals surface area (Å²) in [7, 11) is 3.64. The van der Waals surface area contributed by atoms with Gasteiger partial charge in [0.1, 0.15) is 0 Å². The zero-order chi connectivity index (χ0) is 22.1. The highest BCUT2D eigenvalue weighted by atomic mass is 16.3. The van der Waals surface area contributed by atoms with Crippen molar-refractivity contribution in [2.24, 2.45) is 0 Å². The van der Waals surface area contributed by atoms with Crippen molar-refractivity contribution in [2.75, 3.05) is 33.7 Å². The summed E-state index contributed by atoms with van der Waals surface area (Å²) in [4.78, 5) is 29.0. The van der Waals surface area contributed by atoms with Crippen molar-refractivity contribution in [3.8, 4) is 0 Å². The van der Waals surface area contributed by atoms with Crippen molar-refractivity contribution in [3.05, 3.63) is 35.9 Å². The lowest BCUT2D eigenvalue weighted by Crippen LogP contribution is -2.59. The van der Waals surface area contributed by atoms with Gasteiger partial charge in [0, 0.05) is 32.1 Å². The molecule has 3 fully saturated rings. The summed E-state index contributed by atoms with van der Waals surface area (Å²) >= 11 is 0. The molecule has 3 amide bonds. The maximum atomic E-state index is 13.4. The lowest BCUT2D eigenvalue weighted by Gasteiger charge is -2.50. The molecule has 0 atom stereocenters. The van der Waals surface area contributed by atoms with Gasteiger partial charge in [0.2, 0.25) is 5.91 Å². The first-order valence-electron chi connectivity index (χ1n) is 11.6. The molecule has 1 aliphatic heterocycles. The van der Waals surface area contributed by atoms with Crippen LogP contribution in [0, 0.1) is 0 Å². The van der Waals surface area contributed by atoms with Crippen LogP contribution in [0.3, 0.4) is 0 Å². The van der Waals surface area contributed by atoms with E-state index in [2.05, 4.69) is 34.9 Å². The summed E-state index contributed by atoms with van der Waals surface area (Å²) in [6, 6.07) is 10.5. The molecule has 31 heavy (non-hydrogen) atoms. The Hall–Kier alpha value is -2.12. The van der Waals surface area contributed by atoms with Gasteiger partial charge in [-0.15, -0.1) is 0 Å². The summed E-state index contributed by atoms with van der Waals surface area (Å²) in [5, 5.41) is 17.1. The molecule has 3 aliphatic rings. The van der Waals surface area contributed by atoms with Crippen LogP contribution < -0.4 is 10.6 Å². The largest absolute Gasteiger partial charge is 0.388 e. The minimum absolute atomic E-state index is 0.0269. The fraction of sp³-hybridized carbons (Fsp3) is 0.667. The predicted octanol–water partition coefficient (Wildman–Crippen LogP) is 2.20. The van der Waals surface area contributed by atoms with E-state index in [-0.39, 0.29) is 23.0 Å². The van der Waals surface area contributed by atoms with E-state index in [4.69, 9.17) is 0 Å². The standard InChI is InChI=1S/C24H36N4O3/c1-25-20(29)9-16-27-17-22(28(21(27)30)18-23(31)10-6-11-23)12-14-24(26-2,15-13-22)19-7-4-3-5-8-19/h3-5,7-8,26,31H,6,9-18H2,1-2H3,(H,25,29). The highest BCUT2D eigenvalue weighted by Crippen LogP contribution is 2.48. The van der Waals surface area contributed by atoms with Crippen LogP contribution in [0.5, 0.6) is 0 Å². The predicted molar refractivity (Wildman–Crippen MR) is 120 cm³/mol. The molecule has 7 nitrogen and oxygen atoms in total. The van der Waals surface area contributed by atoms with Gasteiger partial charge in [0.15, 0.2) is 0 Å². The van der Waals surface area contributed by atoms with E-state index in [0.29, 0.717) is 26.1 Å². The number of carbonyl (C=O) groups excluding carboxylic acids is 2. The number of carbonyl (C=O) groups is 2. The number of benzene rings is 1. The Kier molecular flexibility index (Phi) is 6.01. The van der Waals surface area contributed by atoms with Crippen molar-refractivity contribution in [2.45, 2.75) is 68.0 Å². The van der Waals surface area contributed by atoms with E-state index in [1.165, 1.54) is 5.56 Å². The van der Waals surface area contributed by atoms with Crippen LogP contribution in [0.15, 0.2) is 30.3 Å². The van der Waals surface area contributed by atoms with Crippen LogP contribution in [-0.4, -0.2) is 71.7 Å². The minimum Gasteiger partial charge on any atom is -0.388 e. The molecule has 1 aromatic rings. The number of hydrogen-bond donors (Lipinski definition) is 3. The highest BCUT2D eigenvalue weighted by molar-refractivity contribution is 5.80. The van der Waals surface area contributed by atoms with Gasteiger partial charge >= 0.3 is 6.03 Å². The summed E-state index contributed by atoms with van der Waals surface area (Å²) in [5.74, 6) is -0.0557. The van der Waals surface area contributed by atoms with Gasteiger partial charge in [-0.3, -0.25) is 4.79 Å². The SMILES string of the molecule is CNC(=O)CCN1CC2(CCC(NC)(c3ccccc3)CC2)N(CC2(O)CCC2)C1=O. The number of nitrogens with one attached hydrogen (secondary N) is 2. The number of hydrogen-bond acceptors (Lipinski definition) is 4. The summed E-state index contributed by atoms with van der Waals surface area (Å²) in [6.45, 7) is 1.46. The molecule has 1 saturated heterocycles. The van der Waals surface area contributed by atoms with Crippen LogP contribution >= 0.6 is 0 Å². The lowest BCUT2D eigenvalue weighted by molar-refractivity contribution is -0.120. The average molecular weight is 429 g/mol. The number of urea groups is 1. The van der Waals surface area contributed by atoms with Gasteiger partial charge in [-0.2, -0.15) is 0 Å². The minimum atomic E-state index is -0.754. The van der Waals surface area contributed by atoms with Gasteiger partial charge in [-0.25, -0.2) is 4.79 Å². The molecule has 2 aliphatic carbocycles. The van der Waals surface area contributed by atoms with Crippen molar-refractivity contribution in [1.82, 2.24) is 20.4 Å². The third-order valence-electron chi connectivity index (χ3n) is 8.02. The first kappa shape index (κ1) is 22.1. The van der Waals surface area contributed by atoms with E-state index in [9.17, 15) is 14.7 Å². The van der Waals surface area contributed by atoms with Crippen LogP contribution in [0.4, 0.5) is 4.79 Å². The summed E-state index contributed by atoms with van der Waals surface area (Å²) in [6.07, 6.45) is 6.45. The first-order valence-corrected chi connectivity index (χ1v) is 11.6. The van der Waals surface area contributed by atoms with Gasteiger partial charge in [-0.05, 0) is 57.6 Å². The van der Waals surface area contributed by atoms with E-state index in [0.717, 1.165) is 44.9 Å². The first-order chi connectivity index (χ1) is 14.9. The number of rotatable bonds is 7. The normalized spacial score (nSPS) is 29.8. The van der Waals surface area contributed by atoms with Gasteiger partial charge in [0.25, 0.3) is 0 Å². The lowest BCUT2D eigenvalue weighted by atomic mass is 9.68. The zero-order valence-electron chi connectivity index (χ0n) is 18.8. The highest BCUT2D eigenvalue weighted by Gasteiger charge is 2.55. The fourth-order valence-electron chi connectivity index (χ4n) is 5.70. The summed E-state index contributed by atoms with van der Waals surface area (Å²) < 4.78 is 0. The molecular weight excluding hydrogens is 392 g/mol. The Labute approximate surface area is 185 Å². The van der Waals surface area contributed by atoms with Gasteiger partial charge in [-0.1, -0.05) is 30.3 Å². The van der Waals surface area contributed by atoms with E-state index in [1.54, 1.807) is 7.05 Å². The molecule has 7 heteroatoms. The fourth-order valence-corrected chi connectivity index (χ4v) is 5.70. The number of aliphatic hydroxyl groups is 1. The molecule has 1 aromatic carbocycles. The van der Waals surface area contributed by atoms with E-state index >= 15 is 0 Å². The summed E-state index contributed by atoms with van der Waals surface area (Å²) in [5.41, 5.74) is 0.165. The molecule has 1 spiro atoms. The molecule has 0 aromatic heterocycles. The average Bonchev–Trinajstić information content (AvgIpc) is 3.03. The van der Waals surface area contributed by atoms with Gasteiger partial charge in [0.05, 0.1) is 17.7 Å². The Morgan fingerprint density at radius 3 is 2.29 bits per heavy atom. The zero-order valence-corrected chi connectivity index (χ0v) is 18.8. The van der Waals surface area contributed by atoms with Crippen LogP contribution in [-0.2, 0) is 10.3 Å². The Balaban J connectivity index is 1.55. The molecular formula is C24H36N4O3. The Bertz CT molecular complexity index is 800. The Morgan fingerprint density at radius 1 is 1.06 bits per heavy atom. The van der Waals surface area contributed by atoms with Crippen molar-refractivity contribution in [1.29, 1.82) is 0 Å². The van der Waals surface area contributed by atoms with Crippen LogP contribution in [0.2, 0.25) is 0 Å². The van der Waals surface area contributed by atoms with Crippen molar-refractivity contribution in [3.63, 3.8) is 0 Å². The second kappa shape index (κ2) is 8.43. The van der Waals surface area contributed by atoms with Crippen LogP contribution in [0.25, 0.3) is 0 Å². The second-order valence-corrected chi connectivity index (χ2v) is 9.71. The molecule has 0 radical (unpaired) electrons. The molecule has 0 bridgehead atoms. The molecule has 2 saturated carbocycles. The van der Waals surface area contributed by atoms with E-state index < -0.39 is 5.60 Å². The molecule has 3 N–H and O–H groups in total. The maximum absolute atomic E-state index is 13.4. The van der Waals surface area contributed by atoms with E-state index in [1.807, 2.05) is 22.9 Å². The quantitative estimate of drug-likeness (QED) is 0.622. The van der Waals surface area contributed by atoms with Crippen LogP contribution in [0.1, 0.15) is 56.9 Å². The molecule has 170 valence electrons. The third-order valence-corrected chi connectivity index (χ3v) is 8.02. The molecule has 4 rings (SSSR count). The third kappa shape index (κ3) is 4.05. The topological polar surface area (TPSA) is 84.9 Å². The number of amides is 3. The van der Waals surface area contributed by atoms with Gasteiger partial charge < -0.3 is 25.5 Å². The molecule has 1 heterocycles. The molecule has 0 unspecified atom stereocenters. The maximum Gasteiger partial charge on any atom is 0.320 e. The monoisotopic (exact) mass is 428 g/mol. The van der Waals surface area contributed by atoms with Crippen molar-refractivity contribution < 1.29 is 14.7 Å². The Morgan fingerprint density at radius 2 is 1.74 bits per heavy atom. The second-order valence-electron chi connectivity index (χ2n) is 9.71. The number of nitrogens with zero attached hydrogens (tertiary/aromatic N) is 2. The number of β-amino-alcohol motifs (C(OH)–C–C–N with tert-alkyl or cyclic N) is 1. The smallest absolute Gasteiger partial charge is 0.320 e.